The van der Waals surface area contributed by atoms with Crippen molar-refractivity contribution in [3.8, 4) is 0 Å². The first kappa shape index (κ1) is 14.5. The van der Waals surface area contributed by atoms with Crippen LogP contribution in [-0.2, 0) is 9.59 Å². The van der Waals surface area contributed by atoms with Crippen molar-refractivity contribution in [2.45, 2.75) is 26.3 Å². The lowest BCUT2D eigenvalue weighted by atomic mass is 9.99. The molecule has 2 atom stereocenters. The van der Waals surface area contributed by atoms with Crippen LogP contribution in [0.5, 0.6) is 0 Å². The van der Waals surface area contributed by atoms with Gasteiger partial charge in [0.1, 0.15) is 0 Å². The quantitative estimate of drug-likeness (QED) is 0.911. The third kappa shape index (κ3) is 2.84. The molecule has 0 aliphatic carbocycles. The molecule has 0 aromatic carbocycles. The number of amides is 1. The summed E-state index contributed by atoms with van der Waals surface area (Å²) < 4.78 is 0.886. The number of carboxylic acids is 1. The highest BCUT2D eigenvalue weighted by Gasteiger charge is 2.45. The molecule has 1 aromatic heterocycles. The Morgan fingerprint density at radius 1 is 1.63 bits per heavy atom. The van der Waals surface area contributed by atoms with E-state index in [1.807, 2.05) is 25.3 Å². The second-order valence-electron chi connectivity index (χ2n) is 5.17. The number of thiophene rings is 1. The number of likely N-dealkylation sites (tertiary alicyclic amines) is 1. The Kier molecular flexibility index (Phi) is 4.30. The number of rotatable bonds is 4. The van der Waals surface area contributed by atoms with Crippen molar-refractivity contribution in [1.29, 1.82) is 0 Å². The molecule has 2 unspecified atom stereocenters. The lowest BCUT2D eigenvalue weighted by Crippen LogP contribution is -2.33. The van der Waals surface area contributed by atoms with Gasteiger partial charge in [-0.1, -0.05) is 13.8 Å². The Hall–Kier alpha value is -0.880. The number of carboxylic acid groups (broad SMARTS) is 1. The molecule has 1 fully saturated rings. The topological polar surface area (TPSA) is 57.6 Å². The second-order valence-corrected chi connectivity index (χ2v) is 6.97. The zero-order chi connectivity index (χ0) is 14.2. The standard InChI is InChI=1S/C13H16BrNO3S/c1-7(2)6-15-10(16)5-8(13(17)18)11(15)12-9(14)3-4-19-12/h3-4,7-8,11H,5-6H2,1-2H3,(H,17,18). The summed E-state index contributed by atoms with van der Waals surface area (Å²) in [5.41, 5.74) is 0. The van der Waals surface area contributed by atoms with Crippen molar-refractivity contribution in [1.82, 2.24) is 4.90 Å². The van der Waals surface area contributed by atoms with E-state index in [0.29, 0.717) is 12.5 Å². The number of hydrogen-bond acceptors (Lipinski definition) is 3. The van der Waals surface area contributed by atoms with Gasteiger partial charge in [-0.05, 0) is 33.3 Å². The van der Waals surface area contributed by atoms with Gasteiger partial charge in [-0.2, -0.15) is 0 Å². The van der Waals surface area contributed by atoms with Gasteiger partial charge in [0.05, 0.1) is 12.0 Å². The average Bonchev–Trinajstić information content (AvgIpc) is 2.84. The van der Waals surface area contributed by atoms with Gasteiger partial charge in [-0.3, -0.25) is 9.59 Å². The summed E-state index contributed by atoms with van der Waals surface area (Å²) in [6, 6.07) is 1.55. The van der Waals surface area contributed by atoms with Crippen molar-refractivity contribution >= 4 is 39.1 Å². The molecule has 6 heteroatoms. The molecular weight excluding hydrogens is 330 g/mol. The van der Waals surface area contributed by atoms with Gasteiger partial charge < -0.3 is 10.0 Å². The molecule has 1 aliphatic rings. The molecule has 2 rings (SSSR count). The van der Waals surface area contributed by atoms with E-state index >= 15 is 0 Å². The van der Waals surface area contributed by atoms with Crippen LogP contribution < -0.4 is 0 Å². The van der Waals surface area contributed by atoms with E-state index in [-0.39, 0.29) is 18.4 Å². The summed E-state index contributed by atoms with van der Waals surface area (Å²) in [5.74, 6) is -1.30. The third-order valence-corrected chi connectivity index (χ3v) is 5.17. The first-order valence-electron chi connectivity index (χ1n) is 6.17. The second kappa shape index (κ2) is 5.63. The maximum Gasteiger partial charge on any atom is 0.309 e. The van der Waals surface area contributed by atoms with E-state index in [9.17, 15) is 14.7 Å². The van der Waals surface area contributed by atoms with Gasteiger partial charge in [0.15, 0.2) is 0 Å². The molecule has 0 saturated carbocycles. The number of nitrogens with zero attached hydrogens (tertiary/aromatic N) is 1. The third-order valence-electron chi connectivity index (χ3n) is 3.22. The van der Waals surface area contributed by atoms with Gasteiger partial charge in [-0.15, -0.1) is 11.3 Å². The van der Waals surface area contributed by atoms with Gasteiger partial charge in [0.25, 0.3) is 0 Å². The maximum absolute atomic E-state index is 12.1. The van der Waals surface area contributed by atoms with Crippen molar-refractivity contribution in [3.63, 3.8) is 0 Å². The fourth-order valence-corrected chi connectivity index (χ4v) is 4.25. The molecule has 0 radical (unpaired) electrons. The zero-order valence-electron chi connectivity index (χ0n) is 10.8. The summed E-state index contributed by atoms with van der Waals surface area (Å²) in [4.78, 5) is 26.2. The number of hydrogen-bond donors (Lipinski definition) is 1. The van der Waals surface area contributed by atoms with Gasteiger partial charge in [0.2, 0.25) is 5.91 Å². The molecule has 0 bridgehead atoms. The van der Waals surface area contributed by atoms with Gasteiger partial charge >= 0.3 is 5.97 Å². The Labute approximate surface area is 124 Å². The number of carbonyl (C=O) groups is 2. The van der Waals surface area contributed by atoms with E-state index in [1.54, 1.807) is 4.90 Å². The summed E-state index contributed by atoms with van der Waals surface area (Å²) in [7, 11) is 0. The summed E-state index contributed by atoms with van der Waals surface area (Å²) in [6.45, 7) is 4.65. The molecule has 1 N–H and O–H groups in total. The number of carbonyl (C=O) groups excluding carboxylic acids is 1. The monoisotopic (exact) mass is 345 g/mol. The van der Waals surface area contributed by atoms with Crippen LogP contribution in [0.15, 0.2) is 15.9 Å². The minimum atomic E-state index is -0.898. The Morgan fingerprint density at radius 2 is 2.32 bits per heavy atom. The summed E-state index contributed by atoms with van der Waals surface area (Å²) >= 11 is 4.94. The predicted molar refractivity (Wildman–Crippen MR) is 77.1 cm³/mol. The van der Waals surface area contributed by atoms with Crippen molar-refractivity contribution in [3.05, 3.63) is 20.8 Å². The highest BCUT2D eigenvalue weighted by Crippen LogP contribution is 2.43. The van der Waals surface area contributed by atoms with Crippen molar-refractivity contribution in [2.24, 2.45) is 11.8 Å². The molecule has 4 nitrogen and oxygen atoms in total. The van der Waals surface area contributed by atoms with E-state index in [4.69, 9.17) is 0 Å². The van der Waals surface area contributed by atoms with Crippen LogP contribution >= 0.6 is 27.3 Å². The molecule has 104 valence electrons. The highest BCUT2D eigenvalue weighted by molar-refractivity contribution is 9.10. The van der Waals surface area contributed by atoms with Crippen molar-refractivity contribution in [2.75, 3.05) is 6.54 Å². The van der Waals surface area contributed by atoms with Crippen LogP contribution in [0.25, 0.3) is 0 Å². The van der Waals surface area contributed by atoms with Crippen LogP contribution in [0.2, 0.25) is 0 Å². The molecule has 1 aliphatic heterocycles. The van der Waals surface area contributed by atoms with Crippen LogP contribution in [0.1, 0.15) is 31.2 Å². The number of aliphatic carboxylic acids is 1. The highest BCUT2D eigenvalue weighted by atomic mass is 79.9. The summed E-state index contributed by atoms with van der Waals surface area (Å²) in [6.07, 6.45) is 0.0943. The Morgan fingerprint density at radius 3 is 2.79 bits per heavy atom. The minimum absolute atomic E-state index is 0.0635. The van der Waals surface area contributed by atoms with Crippen molar-refractivity contribution < 1.29 is 14.7 Å². The number of halogens is 1. The first-order valence-corrected chi connectivity index (χ1v) is 7.84. The fraction of sp³-hybridized carbons (Fsp3) is 0.538. The molecular formula is C13H16BrNO3S. The molecule has 19 heavy (non-hydrogen) atoms. The summed E-state index contributed by atoms with van der Waals surface area (Å²) in [5, 5.41) is 11.3. The Balaban J connectivity index is 2.39. The van der Waals surface area contributed by atoms with E-state index in [0.717, 1.165) is 9.35 Å². The molecule has 1 amide bonds. The fourth-order valence-electron chi connectivity index (χ4n) is 2.46. The van der Waals surface area contributed by atoms with E-state index < -0.39 is 11.9 Å². The lowest BCUT2D eigenvalue weighted by Gasteiger charge is -2.28. The lowest BCUT2D eigenvalue weighted by molar-refractivity contribution is -0.142. The zero-order valence-corrected chi connectivity index (χ0v) is 13.2. The molecule has 0 spiro atoms. The molecule has 2 heterocycles. The largest absolute Gasteiger partial charge is 0.481 e. The molecule has 1 aromatic rings. The van der Waals surface area contributed by atoms with Crippen LogP contribution in [0, 0.1) is 11.8 Å². The minimum Gasteiger partial charge on any atom is -0.481 e. The Bertz CT molecular complexity index is 500. The van der Waals surface area contributed by atoms with Gasteiger partial charge in [-0.25, -0.2) is 0 Å². The van der Waals surface area contributed by atoms with Crippen LogP contribution in [-0.4, -0.2) is 28.4 Å². The van der Waals surface area contributed by atoms with Crippen LogP contribution in [0.4, 0.5) is 0 Å². The van der Waals surface area contributed by atoms with Crippen LogP contribution in [0.3, 0.4) is 0 Å². The SMILES string of the molecule is CC(C)CN1C(=O)CC(C(=O)O)C1c1sccc1Br. The first-order chi connectivity index (χ1) is 8.91. The molecule has 1 saturated heterocycles. The normalized spacial score (nSPS) is 23.4. The predicted octanol–water partition coefficient (Wildman–Crippen LogP) is 3.14. The van der Waals surface area contributed by atoms with E-state index in [2.05, 4.69) is 15.9 Å². The van der Waals surface area contributed by atoms with Gasteiger partial charge in [0, 0.05) is 22.3 Å². The smallest absolute Gasteiger partial charge is 0.309 e. The maximum atomic E-state index is 12.1. The van der Waals surface area contributed by atoms with E-state index in [1.165, 1.54) is 11.3 Å². The average molecular weight is 346 g/mol.